The highest BCUT2D eigenvalue weighted by Gasteiger charge is 2.34. The van der Waals surface area contributed by atoms with Crippen molar-refractivity contribution in [2.24, 2.45) is 0 Å². The molecule has 1 N–H and O–H groups in total. The predicted octanol–water partition coefficient (Wildman–Crippen LogP) is 3.29. The number of amides is 2. The van der Waals surface area contributed by atoms with Gasteiger partial charge in [-0.2, -0.15) is 0 Å². The third kappa shape index (κ3) is 4.17. The average Bonchev–Trinajstić information content (AvgIpc) is 2.97. The molecule has 3 rings (SSSR count). The van der Waals surface area contributed by atoms with Gasteiger partial charge in [0.25, 0.3) is 11.8 Å². The molecule has 0 saturated heterocycles. The van der Waals surface area contributed by atoms with Gasteiger partial charge < -0.3 is 14.6 Å². The van der Waals surface area contributed by atoms with Crippen LogP contribution in [0.2, 0.25) is 0 Å². The second-order valence-electron chi connectivity index (χ2n) is 6.85. The maximum absolute atomic E-state index is 12.3. The fourth-order valence-corrected chi connectivity index (χ4v) is 3.02. The van der Waals surface area contributed by atoms with Crippen molar-refractivity contribution in [2.45, 2.75) is 32.3 Å². The number of nitrogens with zero attached hydrogens (tertiary/aromatic N) is 1. The van der Waals surface area contributed by atoms with Gasteiger partial charge in [0.05, 0.1) is 23.3 Å². The van der Waals surface area contributed by atoms with Gasteiger partial charge in [0.2, 0.25) is 0 Å². The molecule has 28 heavy (non-hydrogen) atoms. The number of fused-ring (bicyclic) bond motifs is 1. The van der Waals surface area contributed by atoms with E-state index in [1.165, 1.54) is 4.90 Å². The van der Waals surface area contributed by atoms with Crippen LogP contribution < -0.4 is 9.47 Å². The monoisotopic (exact) mass is 383 g/mol. The Labute approximate surface area is 164 Å². The van der Waals surface area contributed by atoms with E-state index >= 15 is 0 Å². The van der Waals surface area contributed by atoms with E-state index < -0.39 is 5.60 Å². The van der Waals surface area contributed by atoms with Crippen molar-refractivity contribution in [1.82, 2.24) is 4.90 Å². The van der Waals surface area contributed by atoms with Crippen LogP contribution in [0.5, 0.6) is 11.5 Å². The van der Waals surface area contributed by atoms with Crippen molar-refractivity contribution in [3.8, 4) is 11.5 Å². The largest absolute Gasteiger partial charge is 0.492 e. The highest BCUT2D eigenvalue weighted by Crippen LogP contribution is 2.24. The maximum atomic E-state index is 12.3. The molecule has 0 unspecified atom stereocenters. The molecule has 2 amide bonds. The van der Waals surface area contributed by atoms with Crippen LogP contribution in [0.1, 0.15) is 47.4 Å². The summed E-state index contributed by atoms with van der Waals surface area (Å²) in [6, 6.07) is 13.9. The zero-order chi connectivity index (χ0) is 20.1. The van der Waals surface area contributed by atoms with Gasteiger partial charge in [-0.3, -0.25) is 14.5 Å². The Hall–Kier alpha value is -2.86. The topological polar surface area (TPSA) is 76.1 Å². The number of aliphatic hydroxyl groups is 1. The Bertz CT molecular complexity index is 825. The lowest BCUT2D eigenvalue weighted by Crippen LogP contribution is -2.34. The predicted molar refractivity (Wildman–Crippen MR) is 105 cm³/mol. The van der Waals surface area contributed by atoms with Gasteiger partial charge in [-0.1, -0.05) is 32.0 Å². The van der Waals surface area contributed by atoms with Gasteiger partial charge in [-0.05, 0) is 37.1 Å². The smallest absolute Gasteiger partial charge is 0.261 e. The first-order chi connectivity index (χ1) is 13.5. The number of hydrogen-bond acceptors (Lipinski definition) is 5. The number of ether oxygens (including phenoxy) is 2. The van der Waals surface area contributed by atoms with Gasteiger partial charge >= 0.3 is 0 Å². The molecule has 0 atom stereocenters. The molecule has 0 bridgehead atoms. The molecule has 2 aromatic carbocycles. The minimum atomic E-state index is -0.845. The van der Waals surface area contributed by atoms with Crippen LogP contribution in [-0.4, -0.2) is 47.2 Å². The SMILES string of the molecule is CCC(O)(CC)COc1cccc(OCCN2C(=O)c3ccccc3C2=O)c1. The lowest BCUT2D eigenvalue weighted by molar-refractivity contribution is -0.0114. The maximum Gasteiger partial charge on any atom is 0.261 e. The van der Waals surface area contributed by atoms with Crippen LogP contribution >= 0.6 is 0 Å². The van der Waals surface area contributed by atoms with Crippen molar-refractivity contribution in [2.75, 3.05) is 19.8 Å². The van der Waals surface area contributed by atoms with E-state index in [1.54, 1.807) is 48.5 Å². The van der Waals surface area contributed by atoms with Crippen LogP contribution in [0.4, 0.5) is 0 Å². The number of carbonyl (C=O) groups excluding carboxylic acids is 2. The highest BCUT2D eigenvalue weighted by atomic mass is 16.5. The van der Waals surface area contributed by atoms with Crippen LogP contribution in [0, 0.1) is 0 Å². The van der Waals surface area contributed by atoms with E-state index in [0.29, 0.717) is 35.5 Å². The first-order valence-corrected chi connectivity index (χ1v) is 9.50. The third-order valence-corrected chi connectivity index (χ3v) is 5.09. The van der Waals surface area contributed by atoms with E-state index in [2.05, 4.69) is 0 Å². The first-order valence-electron chi connectivity index (χ1n) is 9.50. The van der Waals surface area contributed by atoms with Crippen LogP contribution in [0.25, 0.3) is 0 Å². The normalized spacial score (nSPS) is 13.6. The fraction of sp³-hybridized carbons (Fsp3) is 0.364. The van der Waals surface area contributed by atoms with E-state index in [-0.39, 0.29) is 31.6 Å². The Morgan fingerprint density at radius 2 is 1.46 bits per heavy atom. The summed E-state index contributed by atoms with van der Waals surface area (Å²) < 4.78 is 11.4. The molecular formula is C22H25NO5. The van der Waals surface area contributed by atoms with E-state index in [0.717, 1.165) is 0 Å². The van der Waals surface area contributed by atoms with Crippen LogP contribution in [0.3, 0.4) is 0 Å². The van der Waals surface area contributed by atoms with Crippen molar-refractivity contribution < 1.29 is 24.2 Å². The molecule has 0 fully saturated rings. The molecule has 0 aliphatic carbocycles. The summed E-state index contributed by atoms with van der Waals surface area (Å²) in [4.78, 5) is 25.9. The van der Waals surface area contributed by atoms with Gasteiger partial charge in [0.15, 0.2) is 0 Å². The fourth-order valence-electron chi connectivity index (χ4n) is 3.02. The second kappa shape index (κ2) is 8.44. The summed E-state index contributed by atoms with van der Waals surface area (Å²) in [5.41, 5.74) is 0.0203. The first kappa shape index (κ1) is 19.9. The molecule has 1 aliphatic heterocycles. The van der Waals surface area contributed by atoms with Gasteiger partial charge in [-0.15, -0.1) is 0 Å². The quantitative estimate of drug-likeness (QED) is 0.673. The summed E-state index contributed by atoms with van der Waals surface area (Å²) in [6.07, 6.45) is 1.22. The summed E-state index contributed by atoms with van der Waals surface area (Å²) in [5, 5.41) is 10.3. The molecule has 6 nitrogen and oxygen atoms in total. The van der Waals surface area contributed by atoms with Crippen LogP contribution in [-0.2, 0) is 0 Å². The van der Waals surface area contributed by atoms with E-state index in [1.807, 2.05) is 13.8 Å². The van der Waals surface area contributed by atoms with Crippen molar-refractivity contribution in [1.29, 1.82) is 0 Å². The summed E-state index contributed by atoms with van der Waals surface area (Å²) in [6.45, 7) is 4.40. The molecule has 1 heterocycles. The number of imide groups is 1. The minimum Gasteiger partial charge on any atom is -0.492 e. The van der Waals surface area contributed by atoms with E-state index in [9.17, 15) is 14.7 Å². The Balaban J connectivity index is 1.55. The molecule has 148 valence electrons. The molecule has 6 heteroatoms. The molecule has 0 spiro atoms. The van der Waals surface area contributed by atoms with Gasteiger partial charge in [0, 0.05) is 6.07 Å². The number of hydrogen-bond donors (Lipinski definition) is 1. The average molecular weight is 383 g/mol. The lowest BCUT2D eigenvalue weighted by Gasteiger charge is -2.25. The second-order valence-corrected chi connectivity index (χ2v) is 6.85. The van der Waals surface area contributed by atoms with Gasteiger partial charge in [0.1, 0.15) is 24.7 Å². The molecular weight excluding hydrogens is 358 g/mol. The van der Waals surface area contributed by atoms with Crippen molar-refractivity contribution in [3.63, 3.8) is 0 Å². The molecule has 0 aromatic heterocycles. The van der Waals surface area contributed by atoms with E-state index in [4.69, 9.17) is 9.47 Å². The molecule has 0 saturated carbocycles. The minimum absolute atomic E-state index is 0.169. The Kier molecular flexibility index (Phi) is 5.99. The van der Waals surface area contributed by atoms with Crippen molar-refractivity contribution in [3.05, 3.63) is 59.7 Å². The standard InChI is InChI=1S/C22H25NO5/c1-3-22(26,4-2)15-28-17-9-7-8-16(14-17)27-13-12-23-20(24)18-10-5-6-11-19(18)21(23)25/h5-11,14,26H,3-4,12-13,15H2,1-2H3. The molecule has 1 aliphatic rings. The number of rotatable bonds is 9. The van der Waals surface area contributed by atoms with Crippen molar-refractivity contribution >= 4 is 11.8 Å². The zero-order valence-corrected chi connectivity index (χ0v) is 16.2. The summed E-state index contributed by atoms with van der Waals surface area (Å²) in [7, 11) is 0. The third-order valence-electron chi connectivity index (χ3n) is 5.09. The highest BCUT2D eigenvalue weighted by molar-refractivity contribution is 6.21. The van der Waals surface area contributed by atoms with Gasteiger partial charge in [-0.25, -0.2) is 0 Å². The zero-order valence-electron chi connectivity index (χ0n) is 16.2. The Morgan fingerprint density at radius 1 is 0.893 bits per heavy atom. The Morgan fingerprint density at radius 3 is 2.04 bits per heavy atom. The lowest BCUT2D eigenvalue weighted by atomic mass is 9.99. The summed E-state index contributed by atoms with van der Waals surface area (Å²) in [5.74, 6) is 0.587. The molecule has 0 radical (unpaired) electrons. The number of benzene rings is 2. The molecule has 2 aromatic rings. The van der Waals surface area contributed by atoms with Crippen LogP contribution in [0.15, 0.2) is 48.5 Å². The summed E-state index contributed by atoms with van der Waals surface area (Å²) >= 11 is 0. The number of carbonyl (C=O) groups is 2.